The average Bonchev–Trinajstić information content (AvgIpc) is 2.68. The Hall–Kier alpha value is -1.95. The maximum atomic E-state index is 9.22. The van der Waals surface area contributed by atoms with Crippen molar-refractivity contribution in [2.45, 2.75) is 27.1 Å². The van der Waals surface area contributed by atoms with E-state index in [1.54, 1.807) is 6.07 Å². The first kappa shape index (κ1) is 12.5. The van der Waals surface area contributed by atoms with Crippen LogP contribution in [0, 0.1) is 13.8 Å². The molecule has 2 aromatic heterocycles. The van der Waals surface area contributed by atoms with E-state index in [9.17, 15) is 5.11 Å². The van der Waals surface area contributed by atoms with Gasteiger partial charge in [-0.2, -0.15) is 0 Å². The van der Waals surface area contributed by atoms with Gasteiger partial charge >= 0.3 is 0 Å². The van der Waals surface area contributed by atoms with Gasteiger partial charge in [-0.3, -0.25) is 4.98 Å². The Kier molecular flexibility index (Phi) is 3.57. The number of hydrogen-bond donors (Lipinski definition) is 1. The van der Waals surface area contributed by atoms with Crippen LogP contribution in [0.25, 0.3) is 0 Å². The highest BCUT2D eigenvalue weighted by Gasteiger charge is 2.09. The van der Waals surface area contributed by atoms with Crippen LogP contribution in [0.2, 0.25) is 0 Å². The second-order valence-corrected chi connectivity index (χ2v) is 4.07. The summed E-state index contributed by atoms with van der Waals surface area (Å²) in [5.41, 5.74) is 1.38. The van der Waals surface area contributed by atoms with Crippen molar-refractivity contribution in [1.29, 1.82) is 0 Å². The van der Waals surface area contributed by atoms with Crippen LogP contribution in [0.4, 0.5) is 0 Å². The van der Waals surface area contributed by atoms with E-state index in [0.717, 1.165) is 17.3 Å². The molecule has 0 radical (unpaired) electrons. The van der Waals surface area contributed by atoms with Gasteiger partial charge in [0.2, 0.25) is 0 Å². The van der Waals surface area contributed by atoms with Crippen molar-refractivity contribution < 1.29 is 9.84 Å². The second kappa shape index (κ2) is 5.14. The van der Waals surface area contributed by atoms with Crippen LogP contribution < -0.4 is 4.74 Å². The Balaban J connectivity index is 2.13. The van der Waals surface area contributed by atoms with Crippen LogP contribution in [-0.4, -0.2) is 24.9 Å². The summed E-state index contributed by atoms with van der Waals surface area (Å²) in [5.74, 6) is 2.14. The fourth-order valence-electron chi connectivity index (χ4n) is 1.56. The lowest BCUT2D eigenvalue weighted by atomic mass is 10.3. The van der Waals surface area contributed by atoms with E-state index in [-0.39, 0.29) is 6.61 Å². The molecule has 18 heavy (non-hydrogen) atoms. The molecule has 6 heteroatoms. The lowest BCUT2D eigenvalue weighted by Gasteiger charge is -2.09. The number of rotatable bonds is 4. The molecule has 0 aliphatic carbocycles. The van der Waals surface area contributed by atoms with Crippen molar-refractivity contribution in [3.05, 3.63) is 35.2 Å². The Morgan fingerprint density at radius 2 is 2.06 bits per heavy atom. The van der Waals surface area contributed by atoms with Gasteiger partial charge in [-0.25, -0.2) is 0 Å². The van der Waals surface area contributed by atoms with Gasteiger partial charge in [0, 0.05) is 12.7 Å². The van der Waals surface area contributed by atoms with Crippen LogP contribution in [-0.2, 0) is 20.3 Å². The van der Waals surface area contributed by atoms with Gasteiger partial charge < -0.3 is 14.4 Å². The summed E-state index contributed by atoms with van der Waals surface area (Å²) < 4.78 is 7.48. The van der Waals surface area contributed by atoms with Crippen LogP contribution >= 0.6 is 0 Å². The first-order chi connectivity index (χ1) is 8.61. The molecule has 0 saturated carbocycles. The van der Waals surface area contributed by atoms with Crippen molar-refractivity contribution >= 4 is 0 Å². The number of nitrogens with zero attached hydrogens (tertiary/aromatic N) is 4. The van der Waals surface area contributed by atoms with Crippen molar-refractivity contribution in [3.63, 3.8) is 0 Å². The molecule has 0 atom stereocenters. The molecule has 0 aromatic carbocycles. The zero-order valence-electron chi connectivity index (χ0n) is 10.7. The van der Waals surface area contributed by atoms with Crippen LogP contribution in [0.1, 0.15) is 23.0 Å². The van der Waals surface area contributed by atoms with Gasteiger partial charge in [0.15, 0.2) is 5.82 Å². The number of aliphatic hydroxyl groups excluding tert-OH is 1. The van der Waals surface area contributed by atoms with Gasteiger partial charge in [0.1, 0.15) is 23.9 Å². The molecule has 2 rings (SSSR count). The monoisotopic (exact) mass is 248 g/mol. The van der Waals surface area contributed by atoms with Crippen LogP contribution in [0.15, 0.2) is 12.1 Å². The molecular formula is C12H16N4O2. The van der Waals surface area contributed by atoms with Crippen LogP contribution in [0.3, 0.4) is 0 Å². The summed E-state index contributed by atoms with van der Waals surface area (Å²) in [6, 6.07) is 3.65. The van der Waals surface area contributed by atoms with E-state index in [4.69, 9.17) is 4.74 Å². The lowest BCUT2D eigenvalue weighted by molar-refractivity contribution is 0.248. The molecule has 2 aromatic rings. The first-order valence-corrected chi connectivity index (χ1v) is 5.67. The zero-order valence-corrected chi connectivity index (χ0v) is 10.7. The van der Waals surface area contributed by atoms with Crippen molar-refractivity contribution in [2.75, 3.05) is 0 Å². The quantitative estimate of drug-likeness (QED) is 0.870. The highest BCUT2D eigenvalue weighted by Crippen LogP contribution is 2.18. The largest absolute Gasteiger partial charge is 0.484 e. The predicted octanol–water partition coefficient (Wildman–Crippen LogP) is 0.898. The maximum absolute atomic E-state index is 9.22. The van der Waals surface area contributed by atoms with Crippen molar-refractivity contribution in [2.24, 2.45) is 7.05 Å². The molecule has 0 aliphatic heterocycles. The smallest absolute Gasteiger partial charge is 0.170 e. The molecule has 0 fully saturated rings. The first-order valence-electron chi connectivity index (χ1n) is 5.67. The average molecular weight is 248 g/mol. The number of pyridine rings is 1. The van der Waals surface area contributed by atoms with Gasteiger partial charge in [0.05, 0.1) is 6.61 Å². The topological polar surface area (TPSA) is 73.1 Å². The fraction of sp³-hybridized carbons (Fsp3) is 0.417. The summed E-state index contributed by atoms with van der Waals surface area (Å²) in [7, 11) is 1.88. The van der Waals surface area contributed by atoms with Crippen molar-refractivity contribution in [1.82, 2.24) is 19.7 Å². The Labute approximate surface area is 105 Å². The Morgan fingerprint density at radius 1 is 1.28 bits per heavy atom. The summed E-state index contributed by atoms with van der Waals surface area (Å²) in [6.07, 6.45) is 0. The van der Waals surface area contributed by atoms with E-state index >= 15 is 0 Å². The second-order valence-electron chi connectivity index (χ2n) is 4.07. The van der Waals surface area contributed by atoms with Crippen molar-refractivity contribution in [3.8, 4) is 5.75 Å². The highest BCUT2D eigenvalue weighted by molar-refractivity contribution is 5.28. The molecular weight excluding hydrogens is 232 g/mol. The molecule has 0 bridgehead atoms. The third-order valence-corrected chi connectivity index (χ3v) is 2.76. The normalized spacial score (nSPS) is 10.7. The standard InChI is InChI=1S/C12H16N4O2/c1-8-4-5-11(10(6-17)13-8)18-7-12-15-14-9(2)16(12)3/h4-5,17H,6-7H2,1-3H3. The molecule has 0 amide bonds. The fourth-order valence-corrected chi connectivity index (χ4v) is 1.56. The molecule has 96 valence electrons. The van der Waals surface area contributed by atoms with E-state index in [2.05, 4.69) is 15.2 Å². The molecule has 0 aliphatic rings. The highest BCUT2D eigenvalue weighted by atomic mass is 16.5. The van der Waals surface area contributed by atoms with Gasteiger partial charge in [-0.05, 0) is 26.0 Å². The number of aryl methyl sites for hydroxylation is 2. The molecule has 0 unspecified atom stereocenters. The SMILES string of the molecule is Cc1ccc(OCc2nnc(C)n2C)c(CO)n1. The third kappa shape index (κ3) is 2.48. The number of aliphatic hydroxyl groups is 1. The Bertz CT molecular complexity index is 551. The summed E-state index contributed by atoms with van der Waals surface area (Å²) >= 11 is 0. The van der Waals surface area contributed by atoms with Gasteiger partial charge in [-0.15, -0.1) is 10.2 Å². The minimum Gasteiger partial charge on any atom is -0.484 e. The minimum absolute atomic E-state index is 0.144. The number of ether oxygens (including phenoxy) is 1. The molecule has 0 saturated heterocycles. The predicted molar refractivity (Wildman–Crippen MR) is 65.0 cm³/mol. The minimum atomic E-state index is -0.144. The Morgan fingerprint density at radius 3 is 2.67 bits per heavy atom. The van der Waals surface area contributed by atoms with Crippen LogP contribution in [0.5, 0.6) is 5.75 Å². The van der Waals surface area contributed by atoms with E-state index in [0.29, 0.717) is 18.1 Å². The summed E-state index contributed by atoms with van der Waals surface area (Å²) in [6.45, 7) is 3.90. The summed E-state index contributed by atoms with van der Waals surface area (Å²) in [4.78, 5) is 4.21. The molecule has 6 nitrogen and oxygen atoms in total. The lowest BCUT2D eigenvalue weighted by Crippen LogP contribution is -2.06. The molecule has 2 heterocycles. The zero-order chi connectivity index (χ0) is 13.1. The van der Waals surface area contributed by atoms with Gasteiger partial charge in [0.25, 0.3) is 0 Å². The van der Waals surface area contributed by atoms with Gasteiger partial charge in [-0.1, -0.05) is 0 Å². The molecule has 1 N–H and O–H groups in total. The van der Waals surface area contributed by atoms with E-state index in [1.165, 1.54) is 0 Å². The molecule has 0 spiro atoms. The van der Waals surface area contributed by atoms with E-state index < -0.39 is 0 Å². The number of hydrogen-bond acceptors (Lipinski definition) is 5. The number of aromatic nitrogens is 4. The maximum Gasteiger partial charge on any atom is 0.170 e. The third-order valence-electron chi connectivity index (χ3n) is 2.76. The van der Waals surface area contributed by atoms with E-state index in [1.807, 2.05) is 31.5 Å². The summed E-state index contributed by atoms with van der Waals surface area (Å²) in [5, 5.41) is 17.2.